The molecule has 2 fully saturated rings. The van der Waals surface area contributed by atoms with Crippen LogP contribution in [0.5, 0.6) is 0 Å². The molecule has 1 N–H and O–H groups in total. The molecule has 0 spiro atoms. The van der Waals surface area contributed by atoms with Crippen molar-refractivity contribution < 1.29 is 4.74 Å². The minimum absolute atomic E-state index is 0. The van der Waals surface area contributed by atoms with Crippen molar-refractivity contribution in [2.45, 2.75) is 46.1 Å². The highest BCUT2D eigenvalue weighted by Crippen LogP contribution is 2.25. The Balaban J connectivity index is 0.00000300. The molecule has 2 heterocycles. The number of nitrogens with one attached hydrogen (secondary N) is 1. The predicted octanol–water partition coefficient (Wildman–Crippen LogP) is 4.07. The first kappa shape index (κ1) is 24.4. The summed E-state index contributed by atoms with van der Waals surface area (Å²) in [5.74, 6) is 1.88. The summed E-state index contributed by atoms with van der Waals surface area (Å²) in [6.45, 7) is 14.6. The molecule has 2 aliphatic rings. The average Bonchev–Trinajstić information content (AvgIpc) is 2.74. The topological polar surface area (TPSA) is 40.1 Å². The second-order valence-corrected chi connectivity index (χ2v) is 8.06. The molecule has 29 heavy (non-hydrogen) atoms. The van der Waals surface area contributed by atoms with Gasteiger partial charge in [0, 0.05) is 19.6 Å². The van der Waals surface area contributed by atoms with Crippen molar-refractivity contribution in [1.82, 2.24) is 15.1 Å². The number of hydrogen-bond donors (Lipinski definition) is 1. The number of piperidine rings is 1. The number of aliphatic imine (C=N–C) groups is 1. The molecule has 1 aromatic carbocycles. The molecule has 1 unspecified atom stereocenters. The molecular formula is C23H39IN4O. The number of morpholine rings is 1. The van der Waals surface area contributed by atoms with Crippen LogP contribution in [0.25, 0.3) is 0 Å². The van der Waals surface area contributed by atoms with Crippen LogP contribution in [0.3, 0.4) is 0 Å². The lowest BCUT2D eigenvalue weighted by atomic mass is 9.94. The number of aryl methyl sites for hydroxylation is 1. The Morgan fingerprint density at radius 2 is 1.93 bits per heavy atom. The molecule has 1 aromatic rings. The third kappa shape index (κ3) is 7.10. The summed E-state index contributed by atoms with van der Waals surface area (Å²) in [7, 11) is 0. The highest BCUT2D eigenvalue weighted by atomic mass is 127. The summed E-state index contributed by atoms with van der Waals surface area (Å²) in [5.41, 5.74) is 2.60. The van der Waals surface area contributed by atoms with Crippen LogP contribution in [0.4, 0.5) is 0 Å². The van der Waals surface area contributed by atoms with E-state index in [-0.39, 0.29) is 30.1 Å². The Morgan fingerprint density at radius 3 is 2.62 bits per heavy atom. The SMILES string of the molecule is CCNC(=NCCC1CCN(CC)CC1)N1CCOC(c2ccccc2C)C1.I. The fourth-order valence-corrected chi connectivity index (χ4v) is 4.35. The van der Waals surface area contributed by atoms with Crippen molar-refractivity contribution in [3.05, 3.63) is 35.4 Å². The Labute approximate surface area is 194 Å². The zero-order chi connectivity index (χ0) is 19.8. The third-order valence-corrected chi connectivity index (χ3v) is 6.19. The van der Waals surface area contributed by atoms with Crippen molar-refractivity contribution in [3.8, 4) is 0 Å². The molecule has 1 atom stereocenters. The van der Waals surface area contributed by atoms with Crippen LogP contribution in [0.1, 0.15) is 50.3 Å². The van der Waals surface area contributed by atoms with Gasteiger partial charge >= 0.3 is 0 Å². The maximum Gasteiger partial charge on any atom is 0.194 e. The van der Waals surface area contributed by atoms with E-state index in [4.69, 9.17) is 9.73 Å². The second kappa shape index (κ2) is 12.7. The molecule has 2 saturated heterocycles. The van der Waals surface area contributed by atoms with Crippen LogP contribution < -0.4 is 5.32 Å². The molecule has 0 aromatic heterocycles. The predicted molar refractivity (Wildman–Crippen MR) is 132 cm³/mol. The first-order valence-electron chi connectivity index (χ1n) is 11.1. The zero-order valence-corrected chi connectivity index (χ0v) is 20.7. The summed E-state index contributed by atoms with van der Waals surface area (Å²) >= 11 is 0. The monoisotopic (exact) mass is 514 g/mol. The largest absolute Gasteiger partial charge is 0.370 e. The van der Waals surface area contributed by atoms with Gasteiger partial charge in [-0.05, 0) is 69.8 Å². The molecular weight excluding hydrogens is 475 g/mol. The lowest BCUT2D eigenvalue weighted by Gasteiger charge is -2.36. The van der Waals surface area contributed by atoms with Crippen molar-refractivity contribution in [2.24, 2.45) is 10.9 Å². The van der Waals surface area contributed by atoms with Gasteiger partial charge in [0.2, 0.25) is 0 Å². The first-order chi connectivity index (χ1) is 13.7. The molecule has 0 amide bonds. The molecule has 6 heteroatoms. The van der Waals surface area contributed by atoms with Crippen LogP contribution in [0, 0.1) is 12.8 Å². The Bertz CT molecular complexity index is 631. The maximum absolute atomic E-state index is 6.09. The van der Waals surface area contributed by atoms with Gasteiger partial charge in [-0.3, -0.25) is 4.99 Å². The first-order valence-corrected chi connectivity index (χ1v) is 11.1. The standard InChI is InChI=1S/C23H38N4O.HI/c1-4-24-23(25-13-10-20-11-14-26(5-2)15-12-20)27-16-17-28-22(18-27)21-9-7-6-8-19(21)3;/h6-9,20,22H,4-5,10-18H2,1-3H3,(H,24,25);1H. The molecule has 2 aliphatic heterocycles. The van der Waals surface area contributed by atoms with Crippen molar-refractivity contribution >= 4 is 29.9 Å². The minimum Gasteiger partial charge on any atom is -0.370 e. The molecule has 164 valence electrons. The highest BCUT2D eigenvalue weighted by Gasteiger charge is 2.25. The van der Waals surface area contributed by atoms with Gasteiger partial charge in [-0.25, -0.2) is 0 Å². The van der Waals surface area contributed by atoms with Gasteiger partial charge in [0.25, 0.3) is 0 Å². The number of rotatable bonds is 6. The van der Waals surface area contributed by atoms with Crippen molar-refractivity contribution in [1.29, 1.82) is 0 Å². The third-order valence-electron chi connectivity index (χ3n) is 6.19. The van der Waals surface area contributed by atoms with Crippen molar-refractivity contribution in [3.63, 3.8) is 0 Å². The number of nitrogens with zero attached hydrogens (tertiary/aromatic N) is 3. The van der Waals surface area contributed by atoms with E-state index in [1.165, 1.54) is 50.0 Å². The number of likely N-dealkylation sites (tertiary alicyclic amines) is 1. The summed E-state index contributed by atoms with van der Waals surface area (Å²) < 4.78 is 6.09. The van der Waals surface area contributed by atoms with E-state index in [9.17, 15) is 0 Å². The Morgan fingerprint density at radius 1 is 1.17 bits per heavy atom. The van der Waals surface area contributed by atoms with Crippen LogP contribution >= 0.6 is 24.0 Å². The number of hydrogen-bond acceptors (Lipinski definition) is 3. The van der Waals surface area contributed by atoms with E-state index < -0.39 is 0 Å². The summed E-state index contributed by atoms with van der Waals surface area (Å²) in [6.07, 6.45) is 3.98. The Kier molecular flexibility index (Phi) is 10.7. The van der Waals surface area contributed by atoms with Gasteiger partial charge in [0.05, 0.1) is 13.2 Å². The van der Waals surface area contributed by atoms with Crippen LogP contribution in [-0.2, 0) is 4.74 Å². The molecule has 0 bridgehead atoms. The lowest BCUT2D eigenvalue weighted by Crippen LogP contribution is -2.48. The van der Waals surface area contributed by atoms with E-state index in [1.54, 1.807) is 0 Å². The fourth-order valence-electron chi connectivity index (χ4n) is 4.35. The van der Waals surface area contributed by atoms with Gasteiger partial charge in [0.1, 0.15) is 6.10 Å². The minimum atomic E-state index is 0. The van der Waals surface area contributed by atoms with Gasteiger partial charge in [-0.2, -0.15) is 0 Å². The molecule has 5 nitrogen and oxygen atoms in total. The van der Waals surface area contributed by atoms with E-state index in [0.717, 1.165) is 44.7 Å². The average molecular weight is 514 g/mol. The number of benzene rings is 1. The van der Waals surface area contributed by atoms with Gasteiger partial charge in [-0.15, -0.1) is 24.0 Å². The molecule has 0 aliphatic carbocycles. The molecule has 0 saturated carbocycles. The van der Waals surface area contributed by atoms with Gasteiger partial charge in [-0.1, -0.05) is 31.2 Å². The molecule has 0 radical (unpaired) electrons. The van der Waals surface area contributed by atoms with E-state index in [0.29, 0.717) is 0 Å². The number of guanidine groups is 1. The van der Waals surface area contributed by atoms with E-state index in [2.05, 4.69) is 60.2 Å². The number of ether oxygens (including phenoxy) is 1. The highest BCUT2D eigenvalue weighted by molar-refractivity contribution is 14.0. The lowest BCUT2D eigenvalue weighted by molar-refractivity contribution is -0.00833. The van der Waals surface area contributed by atoms with Gasteiger partial charge in [0.15, 0.2) is 5.96 Å². The van der Waals surface area contributed by atoms with Crippen LogP contribution in [-0.4, -0.2) is 68.2 Å². The van der Waals surface area contributed by atoms with Crippen molar-refractivity contribution in [2.75, 3.05) is 52.4 Å². The number of halogens is 1. The summed E-state index contributed by atoms with van der Waals surface area (Å²) in [6, 6.07) is 8.56. The quantitative estimate of drug-likeness (QED) is 0.353. The van der Waals surface area contributed by atoms with Gasteiger partial charge < -0.3 is 19.9 Å². The smallest absolute Gasteiger partial charge is 0.194 e. The van der Waals surface area contributed by atoms with E-state index >= 15 is 0 Å². The fraction of sp³-hybridized carbons (Fsp3) is 0.696. The van der Waals surface area contributed by atoms with Crippen LogP contribution in [0.15, 0.2) is 29.3 Å². The maximum atomic E-state index is 6.09. The van der Waals surface area contributed by atoms with E-state index in [1.807, 2.05) is 0 Å². The molecule has 3 rings (SSSR count). The summed E-state index contributed by atoms with van der Waals surface area (Å²) in [5, 5.41) is 3.51. The summed E-state index contributed by atoms with van der Waals surface area (Å²) in [4.78, 5) is 9.92. The zero-order valence-electron chi connectivity index (χ0n) is 18.4. The Hall–Kier alpha value is -0.860. The van der Waals surface area contributed by atoms with Crippen LogP contribution in [0.2, 0.25) is 0 Å². The normalized spacial score (nSPS) is 21.7. The second-order valence-electron chi connectivity index (χ2n) is 8.06.